The Morgan fingerprint density at radius 1 is 0.543 bits per heavy atom. The normalized spacial score (nSPS) is 15.6. The second kappa shape index (κ2) is 30.5. The predicted octanol–water partition coefficient (Wildman–Crippen LogP) is 8.95. The van der Waals surface area contributed by atoms with Crippen LogP contribution in [0, 0.1) is 0 Å². The van der Waals surface area contributed by atoms with E-state index in [1.807, 2.05) is 24.3 Å². The molecule has 206 valence electrons. The molecule has 0 radical (unpaired) electrons. The van der Waals surface area contributed by atoms with E-state index >= 15 is 0 Å². The molecule has 3 nitrogen and oxygen atoms in total. The zero-order valence-electron chi connectivity index (χ0n) is 25.4. The maximum Gasteiger partial charge on any atom is 4.00 e. The van der Waals surface area contributed by atoms with Crippen molar-refractivity contribution in [1.82, 2.24) is 0 Å². The molecule has 0 heterocycles. The van der Waals surface area contributed by atoms with E-state index in [4.69, 9.17) is 0 Å². The molecule has 0 spiro atoms. The smallest absolute Gasteiger partial charge is 0.657 e. The number of rotatable bonds is 13. The van der Waals surface area contributed by atoms with Crippen LogP contribution < -0.4 is 5.19 Å². The van der Waals surface area contributed by atoms with Crippen LogP contribution in [0.15, 0.2) is 24.3 Å². The van der Waals surface area contributed by atoms with Gasteiger partial charge in [0.05, 0.1) is 0 Å². The van der Waals surface area contributed by atoms with Crippen molar-refractivity contribution in [3.05, 3.63) is 40.2 Å². The maximum atomic E-state index is 11.7. The minimum absolute atomic E-state index is 0. The van der Waals surface area contributed by atoms with Gasteiger partial charge < -0.3 is 20.1 Å². The van der Waals surface area contributed by atoms with Gasteiger partial charge in [0.2, 0.25) is 0 Å². The SMILES string of the molecule is CCC(C)[N-]C(C)CC.CCC(C)[N-]C(C)CC.CCC(C)[N-]C(C)CC.F[SiH2][c-]1cccc1.[Hf+4]. The van der Waals surface area contributed by atoms with Crippen molar-refractivity contribution in [2.24, 2.45) is 0 Å². The van der Waals surface area contributed by atoms with Crippen LogP contribution in [0.2, 0.25) is 0 Å². The Hall–Kier alpha value is 0.247. The molecule has 0 aliphatic carbocycles. The van der Waals surface area contributed by atoms with Crippen LogP contribution in [-0.4, -0.2) is 46.1 Å². The molecular formula is C29H60FHfN3Si. The van der Waals surface area contributed by atoms with Crippen LogP contribution in [0.5, 0.6) is 0 Å². The quantitative estimate of drug-likeness (QED) is 0.114. The first-order chi connectivity index (χ1) is 16.0. The van der Waals surface area contributed by atoms with Crippen molar-refractivity contribution in [1.29, 1.82) is 0 Å². The minimum Gasteiger partial charge on any atom is -0.657 e. The molecule has 6 heteroatoms. The fourth-order valence-corrected chi connectivity index (χ4v) is 2.89. The Morgan fingerprint density at radius 3 is 0.857 bits per heavy atom. The third-order valence-electron chi connectivity index (χ3n) is 5.96. The van der Waals surface area contributed by atoms with Gasteiger partial charge in [0, 0.05) is 0 Å². The zero-order chi connectivity index (χ0) is 26.9. The van der Waals surface area contributed by atoms with Crippen LogP contribution in [0.25, 0.3) is 16.0 Å². The van der Waals surface area contributed by atoms with Crippen molar-refractivity contribution >= 4 is 15.0 Å². The summed E-state index contributed by atoms with van der Waals surface area (Å²) in [6, 6.07) is 10.7. The van der Waals surface area contributed by atoms with E-state index < -0.39 is 9.85 Å². The minimum atomic E-state index is -1.37. The Kier molecular flexibility index (Phi) is 36.9. The number of nitrogens with zero attached hydrogens (tertiary/aromatic N) is 3. The van der Waals surface area contributed by atoms with Gasteiger partial charge in [0.25, 0.3) is 0 Å². The zero-order valence-corrected chi connectivity index (χ0v) is 30.4. The van der Waals surface area contributed by atoms with E-state index in [9.17, 15) is 4.11 Å². The second-order valence-electron chi connectivity index (χ2n) is 9.42. The molecule has 1 aromatic carbocycles. The predicted molar refractivity (Wildman–Crippen MR) is 160 cm³/mol. The standard InChI is InChI=1S/3C8H18N.C5H6FSi.Hf/c3*1-5-7(3)9-8(4)6-2;6-7-5-3-1-2-4-5;/h3*7-8H,5-6H2,1-4H3;1-4H,7H2;/q4*-1;+4. The molecule has 35 heavy (non-hydrogen) atoms. The summed E-state index contributed by atoms with van der Waals surface area (Å²) in [5, 5.41) is 14.4. The molecule has 0 N–H and O–H groups in total. The Bertz CT molecular complexity index is 423. The van der Waals surface area contributed by atoms with Crippen LogP contribution in [-0.2, 0) is 25.8 Å². The topological polar surface area (TPSA) is 42.3 Å². The van der Waals surface area contributed by atoms with Crippen molar-refractivity contribution in [3.63, 3.8) is 0 Å². The van der Waals surface area contributed by atoms with Crippen LogP contribution in [0.1, 0.15) is 122 Å². The van der Waals surface area contributed by atoms with E-state index in [-0.39, 0.29) is 25.8 Å². The largest absolute Gasteiger partial charge is 4.00 e. The summed E-state index contributed by atoms with van der Waals surface area (Å²) in [6.07, 6.45) is 7.03. The van der Waals surface area contributed by atoms with E-state index in [1.54, 1.807) is 0 Å². The van der Waals surface area contributed by atoms with Crippen molar-refractivity contribution < 1.29 is 30.0 Å². The Labute approximate surface area is 242 Å². The monoisotopic (exact) mass is 677 g/mol. The van der Waals surface area contributed by atoms with Gasteiger partial charge in [0.1, 0.15) is 0 Å². The van der Waals surface area contributed by atoms with Gasteiger partial charge in [-0.1, -0.05) is 122 Å². The average Bonchev–Trinajstić information content (AvgIpc) is 3.38. The molecule has 0 aliphatic rings. The van der Waals surface area contributed by atoms with E-state index in [0.717, 1.165) is 5.19 Å². The summed E-state index contributed by atoms with van der Waals surface area (Å²) in [5.41, 5.74) is 0. The molecule has 0 saturated carbocycles. The van der Waals surface area contributed by atoms with Crippen molar-refractivity contribution in [3.8, 4) is 0 Å². The Balaban J connectivity index is -0.000000182. The van der Waals surface area contributed by atoms with Gasteiger partial charge in [-0.25, -0.2) is 12.1 Å². The van der Waals surface area contributed by atoms with E-state index in [2.05, 4.69) is 99.0 Å². The van der Waals surface area contributed by atoms with Gasteiger partial charge in [0.15, 0.2) is 9.85 Å². The molecule has 0 amide bonds. The molecule has 0 aliphatic heterocycles. The molecular weight excluding hydrogens is 616 g/mol. The van der Waals surface area contributed by atoms with E-state index in [1.165, 1.54) is 38.5 Å². The molecule has 6 unspecified atom stereocenters. The van der Waals surface area contributed by atoms with Crippen LogP contribution in [0.3, 0.4) is 0 Å². The molecule has 0 saturated heterocycles. The molecule has 0 fully saturated rings. The average molecular weight is 676 g/mol. The fourth-order valence-electron chi connectivity index (χ4n) is 2.44. The summed E-state index contributed by atoms with van der Waals surface area (Å²) >= 11 is 0. The first kappa shape index (κ1) is 42.3. The van der Waals surface area contributed by atoms with Crippen LogP contribution >= 0.6 is 0 Å². The van der Waals surface area contributed by atoms with E-state index in [0.29, 0.717) is 36.3 Å². The first-order valence-corrected chi connectivity index (χ1v) is 15.1. The third-order valence-corrected chi connectivity index (χ3v) is 6.74. The van der Waals surface area contributed by atoms with Gasteiger partial charge >= 0.3 is 25.8 Å². The molecule has 6 atom stereocenters. The summed E-state index contributed by atoms with van der Waals surface area (Å²) in [5.74, 6) is 0. The summed E-state index contributed by atoms with van der Waals surface area (Å²) in [7, 11) is -1.37. The molecule has 0 bridgehead atoms. The summed E-state index contributed by atoms with van der Waals surface area (Å²) in [6.45, 7) is 26.1. The first-order valence-electron chi connectivity index (χ1n) is 13.9. The van der Waals surface area contributed by atoms with Gasteiger partial charge in [-0.05, 0) is 0 Å². The van der Waals surface area contributed by atoms with Crippen LogP contribution in [0.4, 0.5) is 4.11 Å². The number of hydrogen-bond acceptors (Lipinski definition) is 0. The molecule has 1 rings (SSSR count). The fraction of sp³-hybridized carbons (Fsp3) is 0.828. The van der Waals surface area contributed by atoms with Gasteiger partial charge in [-0.3, -0.25) is 0 Å². The number of hydrogen-bond donors (Lipinski definition) is 0. The number of halogens is 1. The third kappa shape index (κ3) is 32.2. The van der Waals surface area contributed by atoms with Crippen molar-refractivity contribution in [2.75, 3.05) is 0 Å². The summed E-state index contributed by atoms with van der Waals surface area (Å²) < 4.78 is 11.7. The molecule has 1 aromatic rings. The van der Waals surface area contributed by atoms with Gasteiger partial charge in [-0.2, -0.15) is 12.1 Å². The summed E-state index contributed by atoms with van der Waals surface area (Å²) in [4.78, 5) is 0. The van der Waals surface area contributed by atoms with Gasteiger partial charge in [-0.15, -0.1) is 41.4 Å². The Morgan fingerprint density at radius 2 is 0.743 bits per heavy atom. The maximum absolute atomic E-state index is 11.7. The molecule has 0 aromatic heterocycles. The van der Waals surface area contributed by atoms with Crippen molar-refractivity contribution in [2.45, 2.75) is 158 Å². The second-order valence-corrected chi connectivity index (χ2v) is 10.5.